The number of benzene rings is 1. The number of cyclic esters (lactones) is 2. The monoisotopic (exact) mass is 220 g/mol. The Morgan fingerprint density at radius 1 is 1.06 bits per heavy atom. The van der Waals surface area contributed by atoms with E-state index in [1.54, 1.807) is 31.2 Å². The van der Waals surface area contributed by atoms with Gasteiger partial charge in [0.15, 0.2) is 5.92 Å². The second-order valence-corrected chi connectivity index (χ2v) is 3.58. The standard InChI is InChI=1S/C12H12O4/c1-2-9-10(13)15-12(16-11(9)14)8-6-4-3-5-7-8/h3-7,9,12H,2H2,1H3. The van der Waals surface area contributed by atoms with E-state index in [-0.39, 0.29) is 0 Å². The van der Waals surface area contributed by atoms with Crippen molar-refractivity contribution in [1.29, 1.82) is 0 Å². The Bertz CT molecular complexity index is 381. The summed E-state index contributed by atoms with van der Waals surface area (Å²) in [6, 6.07) is 8.92. The molecule has 0 N–H and O–H groups in total. The lowest BCUT2D eigenvalue weighted by molar-refractivity contribution is -0.214. The Morgan fingerprint density at radius 3 is 2.12 bits per heavy atom. The first-order valence-electron chi connectivity index (χ1n) is 5.18. The molecular weight excluding hydrogens is 208 g/mol. The highest BCUT2D eigenvalue weighted by molar-refractivity contribution is 5.96. The molecule has 0 saturated carbocycles. The molecule has 84 valence electrons. The summed E-state index contributed by atoms with van der Waals surface area (Å²) in [5.74, 6) is -1.79. The van der Waals surface area contributed by atoms with Crippen molar-refractivity contribution in [3.63, 3.8) is 0 Å². The van der Waals surface area contributed by atoms with Gasteiger partial charge in [-0.1, -0.05) is 37.3 Å². The van der Waals surface area contributed by atoms with Crippen LogP contribution in [-0.2, 0) is 19.1 Å². The maximum Gasteiger partial charge on any atom is 0.323 e. The highest BCUT2D eigenvalue weighted by Gasteiger charge is 2.38. The molecule has 0 aliphatic carbocycles. The summed E-state index contributed by atoms with van der Waals surface area (Å²) in [5, 5.41) is 0. The highest BCUT2D eigenvalue weighted by atomic mass is 16.7. The first-order valence-corrected chi connectivity index (χ1v) is 5.18. The van der Waals surface area contributed by atoms with Gasteiger partial charge in [-0.3, -0.25) is 9.59 Å². The van der Waals surface area contributed by atoms with Gasteiger partial charge in [-0.25, -0.2) is 0 Å². The molecule has 0 unspecified atom stereocenters. The Labute approximate surface area is 93.2 Å². The van der Waals surface area contributed by atoms with Gasteiger partial charge in [0.25, 0.3) is 6.29 Å². The van der Waals surface area contributed by atoms with E-state index in [0.717, 1.165) is 0 Å². The first-order chi connectivity index (χ1) is 7.72. The summed E-state index contributed by atoms with van der Waals surface area (Å²) in [4.78, 5) is 23.0. The summed E-state index contributed by atoms with van der Waals surface area (Å²) in [7, 11) is 0. The Kier molecular flexibility index (Phi) is 2.90. The number of carbonyl (C=O) groups excluding carboxylic acids is 2. The van der Waals surface area contributed by atoms with Gasteiger partial charge in [0, 0.05) is 5.56 Å². The summed E-state index contributed by atoms with van der Waals surface area (Å²) >= 11 is 0. The van der Waals surface area contributed by atoms with Gasteiger partial charge in [0.2, 0.25) is 0 Å². The molecule has 4 nitrogen and oxygen atoms in total. The molecule has 0 spiro atoms. The van der Waals surface area contributed by atoms with Crippen molar-refractivity contribution < 1.29 is 19.1 Å². The zero-order valence-corrected chi connectivity index (χ0v) is 8.88. The fourth-order valence-corrected chi connectivity index (χ4v) is 1.58. The topological polar surface area (TPSA) is 52.6 Å². The number of esters is 2. The maximum atomic E-state index is 11.5. The van der Waals surface area contributed by atoms with Crippen LogP contribution in [0.5, 0.6) is 0 Å². The first kappa shape index (κ1) is 10.7. The Balaban J connectivity index is 2.17. The van der Waals surface area contributed by atoms with Gasteiger partial charge in [0.1, 0.15) is 0 Å². The lowest BCUT2D eigenvalue weighted by Crippen LogP contribution is -2.36. The predicted molar refractivity (Wildman–Crippen MR) is 55.1 cm³/mol. The van der Waals surface area contributed by atoms with Crippen LogP contribution >= 0.6 is 0 Å². The third-order valence-electron chi connectivity index (χ3n) is 2.50. The predicted octanol–water partition coefficient (Wildman–Crippen LogP) is 1.81. The Hall–Kier alpha value is -1.84. The van der Waals surface area contributed by atoms with Gasteiger partial charge < -0.3 is 9.47 Å². The third-order valence-corrected chi connectivity index (χ3v) is 2.50. The molecule has 0 amide bonds. The van der Waals surface area contributed by atoms with Gasteiger partial charge in [-0.15, -0.1) is 0 Å². The van der Waals surface area contributed by atoms with Crippen LogP contribution in [0.4, 0.5) is 0 Å². The van der Waals surface area contributed by atoms with Gasteiger partial charge in [-0.2, -0.15) is 0 Å². The minimum Gasteiger partial charge on any atom is -0.420 e. The van der Waals surface area contributed by atoms with Crippen molar-refractivity contribution in [2.24, 2.45) is 5.92 Å². The maximum absolute atomic E-state index is 11.5. The largest absolute Gasteiger partial charge is 0.420 e. The molecule has 16 heavy (non-hydrogen) atoms. The molecule has 0 aromatic heterocycles. The van der Waals surface area contributed by atoms with Crippen molar-refractivity contribution in [1.82, 2.24) is 0 Å². The van der Waals surface area contributed by atoms with Crippen LogP contribution in [0.1, 0.15) is 25.2 Å². The van der Waals surface area contributed by atoms with Crippen LogP contribution in [0.25, 0.3) is 0 Å². The van der Waals surface area contributed by atoms with Crippen LogP contribution in [-0.4, -0.2) is 11.9 Å². The van der Waals surface area contributed by atoms with E-state index in [1.807, 2.05) is 6.07 Å². The lowest BCUT2D eigenvalue weighted by atomic mass is 10.1. The van der Waals surface area contributed by atoms with E-state index >= 15 is 0 Å². The summed E-state index contributed by atoms with van der Waals surface area (Å²) in [6.07, 6.45) is -0.497. The van der Waals surface area contributed by atoms with Crippen LogP contribution < -0.4 is 0 Å². The van der Waals surface area contributed by atoms with Gasteiger partial charge in [0.05, 0.1) is 0 Å². The second-order valence-electron chi connectivity index (χ2n) is 3.58. The normalized spacial score (nSPS) is 24.8. The van der Waals surface area contributed by atoms with Crippen molar-refractivity contribution in [3.8, 4) is 0 Å². The van der Waals surface area contributed by atoms with Crippen LogP contribution in [0.3, 0.4) is 0 Å². The summed E-state index contributed by atoms with van der Waals surface area (Å²) in [6.45, 7) is 1.75. The molecule has 0 atom stereocenters. The number of carbonyl (C=O) groups is 2. The molecule has 0 radical (unpaired) electrons. The summed E-state index contributed by atoms with van der Waals surface area (Å²) in [5.41, 5.74) is 0.666. The lowest BCUT2D eigenvalue weighted by Gasteiger charge is -2.26. The molecule has 1 saturated heterocycles. The molecule has 1 aromatic carbocycles. The van der Waals surface area contributed by atoms with Crippen molar-refractivity contribution in [3.05, 3.63) is 35.9 Å². The number of ether oxygens (including phenoxy) is 2. The van der Waals surface area contributed by atoms with E-state index in [2.05, 4.69) is 0 Å². The quantitative estimate of drug-likeness (QED) is 0.563. The molecule has 2 rings (SSSR count). The van der Waals surface area contributed by atoms with Gasteiger partial charge in [-0.05, 0) is 6.42 Å². The van der Waals surface area contributed by atoms with Crippen LogP contribution in [0, 0.1) is 5.92 Å². The minimum atomic E-state index is -0.899. The molecule has 1 heterocycles. The fraction of sp³-hybridized carbons (Fsp3) is 0.333. The van der Waals surface area contributed by atoms with E-state index in [9.17, 15) is 9.59 Å². The third kappa shape index (κ3) is 1.91. The number of hydrogen-bond acceptors (Lipinski definition) is 4. The van der Waals surface area contributed by atoms with Crippen molar-refractivity contribution >= 4 is 11.9 Å². The van der Waals surface area contributed by atoms with E-state index in [1.165, 1.54) is 0 Å². The zero-order valence-electron chi connectivity index (χ0n) is 8.88. The molecule has 4 heteroatoms. The van der Waals surface area contributed by atoms with Gasteiger partial charge >= 0.3 is 11.9 Å². The molecule has 1 fully saturated rings. The smallest absolute Gasteiger partial charge is 0.323 e. The van der Waals surface area contributed by atoms with Crippen molar-refractivity contribution in [2.75, 3.05) is 0 Å². The van der Waals surface area contributed by atoms with E-state index < -0.39 is 24.1 Å². The minimum absolute atomic E-state index is 0.402. The Morgan fingerprint density at radius 2 is 1.62 bits per heavy atom. The molecule has 1 aliphatic heterocycles. The van der Waals surface area contributed by atoms with Crippen molar-refractivity contribution in [2.45, 2.75) is 19.6 Å². The van der Waals surface area contributed by atoms with Crippen LogP contribution in [0.15, 0.2) is 30.3 Å². The second kappa shape index (κ2) is 4.35. The van der Waals surface area contributed by atoms with Crippen LogP contribution in [0.2, 0.25) is 0 Å². The average molecular weight is 220 g/mol. The fourth-order valence-electron chi connectivity index (χ4n) is 1.58. The SMILES string of the molecule is CCC1C(=O)OC(c2ccccc2)OC1=O. The zero-order chi connectivity index (χ0) is 11.5. The molecule has 0 bridgehead atoms. The summed E-state index contributed by atoms with van der Waals surface area (Å²) < 4.78 is 10.1. The molecular formula is C12H12O4. The average Bonchev–Trinajstić information content (AvgIpc) is 2.30. The number of rotatable bonds is 2. The number of hydrogen-bond donors (Lipinski definition) is 0. The van der Waals surface area contributed by atoms with E-state index in [4.69, 9.17) is 9.47 Å². The highest BCUT2D eigenvalue weighted by Crippen LogP contribution is 2.27. The molecule has 1 aromatic rings. The van der Waals surface area contributed by atoms with E-state index in [0.29, 0.717) is 12.0 Å². The molecule has 1 aliphatic rings.